The van der Waals surface area contributed by atoms with Crippen LogP contribution < -0.4 is 14.9 Å². The Morgan fingerprint density at radius 1 is 1.24 bits per heavy atom. The third-order valence-corrected chi connectivity index (χ3v) is 4.37. The van der Waals surface area contributed by atoms with E-state index in [9.17, 15) is 8.42 Å². The molecule has 0 unspecified atom stereocenters. The molecule has 6 nitrogen and oxygen atoms in total. The maximum absolute atomic E-state index is 12.3. The number of rotatable bonds is 6. The average Bonchev–Trinajstić information content (AvgIpc) is 2.88. The predicted molar refractivity (Wildman–Crippen MR) is 85.1 cm³/mol. The second-order valence-corrected chi connectivity index (χ2v) is 6.62. The van der Waals surface area contributed by atoms with Crippen molar-refractivity contribution in [3.63, 3.8) is 0 Å². The second kappa shape index (κ2) is 6.19. The lowest BCUT2D eigenvalue weighted by Gasteiger charge is -2.14. The van der Waals surface area contributed by atoms with Gasteiger partial charge in [-0.25, -0.2) is 8.42 Å². The molecule has 0 atom stereocenters. The first-order valence-corrected chi connectivity index (χ1v) is 8.03. The van der Waals surface area contributed by atoms with E-state index in [1.165, 1.54) is 6.20 Å². The minimum atomic E-state index is -3.58. The number of benzene rings is 1. The van der Waals surface area contributed by atoms with Crippen molar-refractivity contribution in [2.45, 2.75) is 11.4 Å². The van der Waals surface area contributed by atoms with Gasteiger partial charge in [0.05, 0.1) is 5.69 Å². The van der Waals surface area contributed by atoms with E-state index in [2.05, 4.69) is 15.0 Å². The van der Waals surface area contributed by atoms with Crippen LogP contribution in [0.5, 0.6) is 0 Å². The Hall–Kier alpha value is -1.99. The maximum Gasteiger partial charge on any atom is 0.263 e. The summed E-state index contributed by atoms with van der Waals surface area (Å²) in [7, 11) is 2.04. The third kappa shape index (κ3) is 3.77. The van der Waals surface area contributed by atoms with E-state index in [1.54, 1.807) is 25.2 Å². The Bertz CT molecular complexity index is 707. The predicted octanol–water partition coefficient (Wildman–Crippen LogP) is 1.60. The Kier molecular flexibility index (Phi) is 4.54. The molecule has 114 valence electrons. The number of aromatic amines is 1. The fourth-order valence-electron chi connectivity index (χ4n) is 1.93. The standard InChI is InChI=1S/C14H20N4O2S/c1-15-9-12-8-14(10-16-12)21(19,20)17-11-5-4-6-13(7-11)18(2)3/h4-8,10,15-17H,9H2,1-3H3. The molecule has 0 bridgehead atoms. The average molecular weight is 308 g/mol. The van der Waals surface area contributed by atoms with E-state index in [1.807, 2.05) is 31.1 Å². The number of H-pyrrole nitrogens is 1. The Morgan fingerprint density at radius 3 is 2.67 bits per heavy atom. The number of hydrogen-bond acceptors (Lipinski definition) is 4. The van der Waals surface area contributed by atoms with Gasteiger partial charge >= 0.3 is 0 Å². The molecule has 0 aliphatic carbocycles. The van der Waals surface area contributed by atoms with Gasteiger partial charge in [-0.3, -0.25) is 4.72 Å². The van der Waals surface area contributed by atoms with E-state index in [0.29, 0.717) is 12.2 Å². The highest BCUT2D eigenvalue weighted by atomic mass is 32.2. The van der Waals surface area contributed by atoms with Crippen molar-refractivity contribution < 1.29 is 8.42 Å². The molecule has 0 spiro atoms. The van der Waals surface area contributed by atoms with Gasteiger partial charge in [0.1, 0.15) is 4.90 Å². The fraction of sp³-hybridized carbons (Fsp3) is 0.286. The molecule has 2 rings (SSSR count). The summed E-state index contributed by atoms with van der Waals surface area (Å²) in [6.07, 6.45) is 1.49. The van der Waals surface area contributed by atoms with Crippen LogP contribution in [0, 0.1) is 0 Å². The summed E-state index contributed by atoms with van der Waals surface area (Å²) in [6.45, 7) is 0.589. The molecule has 2 aromatic rings. The molecule has 0 radical (unpaired) electrons. The van der Waals surface area contributed by atoms with Crippen molar-refractivity contribution in [3.05, 3.63) is 42.2 Å². The van der Waals surface area contributed by atoms with E-state index in [4.69, 9.17) is 0 Å². The van der Waals surface area contributed by atoms with Crippen LogP contribution in [-0.4, -0.2) is 34.5 Å². The van der Waals surface area contributed by atoms with Crippen LogP contribution in [0.15, 0.2) is 41.4 Å². The summed E-state index contributed by atoms with van der Waals surface area (Å²) in [5.41, 5.74) is 2.29. The largest absolute Gasteiger partial charge is 0.378 e. The first kappa shape index (κ1) is 15.4. The number of nitrogens with one attached hydrogen (secondary N) is 3. The van der Waals surface area contributed by atoms with Gasteiger partial charge in [-0.1, -0.05) is 6.07 Å². The SMILES string of the molecule is CNCc1cc(S(=O)(=O)Nc2cccc(N(C)C)c2)c[nH]1. The van der Waals surface area contributed by atoms with Gasteiger partial charge in [-0.2, -0.15) is 0 Å². The van der Waals surface area contributed by atoms with Gasteiger partial charge in [0, 0.05) is 38.2 Å². The van der Waals surface area contributed by atoms with Gasteiger partial charge in [-0.05, 0) is 31.3 Å². The molecule has 7 heteroatoms. The highest BCUT2D eigenvalue weighted by Crippen LogP contribution is 2.21. The molecule has 21 heavy (non-hydrogen) atoms. The van der Waals surface area contributed by atoms with Crippen LogP contribution in [0.3, 0.4) is 0 Å². The minimum Gasteiger partial charge on any atom is -0.378 e. The van der Waals surface area contributed by atoms with Crippen LogP contribution in [0.25, 0.3) is 0 Å². The summed E-state index contributed by atoms with van der Waals surface area (Å²) < 4.78 is 27.3. The molecule has 0 saturated heterocycles. The second-order valence-electron chi connectivity index (χ2n) is 4.94. The van der Waals surface area contributed by atoms with Crippen molar-refractivity contribution in [2.24, 2.45) is 0 Å². The lowest BCUT2D eigenvalue weighted by Crippen LogP contribution is -2.13. The lowest BCUT2D eigenvalue weighted by atomic mass is 10.3. The molecular weight excluding hydrogens is 288 g/mol. The first-order valence-electron chi connectivity index (χ1n) is 6.54. The third-order valence-electron chi connectivity index (χ3n) is 3.01. The molecule has 0 aliphatic heterocycles. The zero-order valence-electron chi connectivity index (χ0n) is 12.3. The van der Waals surface area contributed by atoms with Gasteiger partial charge < -0.3 is 15.2 Å². The van der Waals surface area contributed by atoms with E-state index < -0.39 is 10.0 Å². The molecule has 3 N–H and O–H groups in total. The number of aromatic nitrogens is 1. The maximum atomic E-state index is 12.3. The van der Waals surface area contributed by atoms with Crippen molar-refractivity contribution in [1.82, 2.24) is 10.3 Å². The molecule has 0 fully saturated rings. The van der Waals surface area contributed by atoms with Crippen LogP contribution in [-0.2, 0) is 16.6 Å². The first-order chi connectivity index (χ1) is 9.92. The Labute approximate surface area is 125 Å². The zero-order chi connectivity index (χ0) is 15.5. The molecular formula is C14H20N4O2S. The Balaban J connectivity index is 2.22. The summed E-state index contributed by atoms with van der Waals surface area (Å²) in [4.78, 5) is 5.08. The Morgan fingerprint density at radius 2 is 2.00 bits per heavy atom. The van der Waals surface area contributed by atoms with Crippen LogP contribution >= 0.6 is 0 Å². The summed E-state index contributed by atoms with van der Waals surface area (Å²) in [5.74, 6) is 0. The normalized spacial score (nSPS) is 11.4. The smallest absolute Gasteiger partial charge is 0.263 e. The summed E-state index contributed by atoms with van der Waals surface area (Å²) in [5, 5.41) is 2.97. The van der Waals surface area contributed by atoms with E-state index >= 15 is 0 Å². The van der Waals surface area contributed by atoms with Crippen molar-refractivity contribution in [1.29, 1.82) is 0 Å². The number of anilines is 2. The van der Waals surface area contributed by atoms with Crippen molar-refractivity contribution in [3.8, 4) is 0 Å². The van der Waals surface area contributed by atoms with Gasteiger partial charge in [-0.15, -0.1) is 0 Å². The quantitative estimate of drug-likeness (QED) is 0.757. The van der Waals surface area contributed by atoms with Crippen molar-refractivity contribution in [2.75, 3.05) is 30.8 Å². The van der Waals surface area contributed by atoms with Gasteiger partial charge in [0.2, 0.25) is 0 Å². The zero-order valence-corrected chi connectivity index (χ0v) is 13.2. The lowest BCUT2D eigenvalue weighted by molar-refractivity contribution is 0.601. The molecule has 0 saturated carbocycles. The van der Waals surface area contributed by atoms with E-state index in [-0.39, 0.29) is 4.90 Å². The van der Waals surface area contributed by atoms with Gasteiger partial charge in [0.25, 0.3) is 10.0 Å². The summed E-state index contributed by atoms with van der Waals surface area (Å²) >= 11 is 0. The monoisotopic (exact) mass is 308 g/mol. The van der Waals surface area contributed by atoms with Crippen LogP contribution in [0.1, 0.15) is 5.69 Å². The highest BCUT2D eigenvalue weighted by molar-refractivity contribution is 7.92. The van der Waals surface area contributed by atoms with Crippen LogP contribution in [0.2, 0.25) is 0 Å². The topological polar surface area (TPSA) is 77.2 Å². The van der Waals surface area contributed by atoms with Crippen molar-refractivity contribution >= 4 is 21.4 Å². The molecule has 1 aromatic heterocycles. The van der Waals surface area contributed by atoms with Crippen LogP contribution in [0.4, 0.5) is 11.4 Å². The molecule has 1 aromatic carbocycles. The number of sulfonamides is 1. The molecule has 1 heterocycles. The highest BCUT2D eigenvalue weighted by Gasteiger charge is 2.16. The molecule has 0 amide bonds. The number of hydrogen-bond donors (Lipinski definition) is 3. The van der Waals surface area contributed by atoms with Gasteiger partial charge in [0.15, 0.2) is 0 Å². The number of nitrogens with zero attached hydrogens (tertiary/aromatic N) is 1. The fourth-order valence-corrected chi connectivity index (χ4v) is 2.99. The molecule has 0 aliphatic rings. The summed E-state index contributed by atoms with van der Waals surface area (Å²) in [6, 6.07) is 8.87. The van der Waals surface area contributed by atoms with E-state index in [0.717, 1.165) is 11.4 Å². The minimum absolute atomic E-state index is 0.225.